The van der Waals surface area contributed by atoms with Gasteiger partial charge in [0.05, 0.1) is 13.2 Å². The minimum Gasteiger partial charge on any atom is -0.465 e. The molecular weight excluding hydrogens is 252 g/mol. The lowest BCUT2D eigenvalue weighted by atomic mass is 10.2. The highest BCUT2D eigenvalue weighted by molar-refractivity contribution is 5.71. The zero-order valence-corrected chi connectivity index (χ0v) is 11.3. The molecule has 0 aliphatic rings. The van der Waals surface area contributed by atoms with Crippen LogP contribution in [-0.4, -0.2) is 30.6 Å². The van der Waals surface area contributed by atoms with E-state index in [-0.39, 0.29) is 12.5 Å². The first-order valence-electron chi connectivity index (χ1n) is 6.38. The summed E-state index contributed by atoms with van der Waals surface area (Å²) in [7, 11) is 0. The van der Waals surface area contributed by atoms with Gasteiger partial charge in [0.25, 0.3) is 0 Å². The maximum Gasteiger partial charge on any atom is 0.320 e. The highest BCUT2D eigenvalue weighted by atomic mass is 19.1. The van der Waals surface area contributed by atoms with Crippen LogP contribution in [0, 0.1) is 11.6 Å². The van der Waals surface area contributed by atoms with Crippen molar-refractivity contribution < 1.29 is 18.3 Å². The summed E-state index contributed by atoms with van der Waals surface area (Å²) < 4.78 is 31.1. The van der Waals surface area contributed by atoms with Crippen LogP contribution in [0.4, 0.5) is 8.78 Å². The fourth-order valence-corrected chi connectivity index (χ4v) is 1.88. The quantitative estimate of drug-likeness (QED) is 0.714. The lowest BCUT2D eigenvalue weighted by Gasteiger charge is -2.20. The van der Waals surface area contributed by atoms with E-state index in [0.717, 1.165) is 12.5 Å². The van der Waals surface area contributed by atoms with Crippen molar-refractivity contribution in [2.24, 2.45) is 0 Å². The van der Waals surface area contributed by atoms with E-state index in [0.29, 0.717) is 25.3 Å². The molecule has 0 saturated heterocycles. The molecule has 1 aromatic carbocycles. The Balaban J connectivity index is 2.68. The monoisotopic (exact) mass is 271 g/mol. The predicted molar refractivity (Wildman–Crippen MR) is 68.6 cm³/mol. The summed E-state index contributed by atoms with van der Waals surface area (Å²) in [6.45, 7) is 5.15. The summed E-state index contributed by atoms with van der Waals surface area (Å²) in [5.41, 5.74) is 0.509. The molecule has 0 radical (unpaired) electrons. The van der Waals surface area contributed by atoms with Crippen LogP contribution in [0.3, 0.4) is 0 Å². The predicted octanol–water partition coefficient (Wildman–Crippen LogP) is 2.74. The largest absolute Gasteiger partial charge is 0.465 e. The van der Waals surface area contributed by atoms with Crippen LogP contribution in [0.5, 0.6) is 0 Å². The molecule has 0 amide bonds. The first-order valence-corrected chi connectivity index (χ1v) is 6.38. The first-order chi connectivity index (χ1) is 9.05. The average Bonchev–Trinajstić information content (AvgIpc) is 2.27. The van der Waals surface area contributed by atoms with E-state index in [9.17, 15) is 13.6 Å². The van der Waals surface area contributed by atoms with Crippen molar-refractivity contribution >= 4 is 5.97 Å². The van der Waals surface area contributed by atoms with Gasteiger partial charge >= 0.3 is 5.97 Å². The molecule has 0 heterocycles. The molecule has 0 spiro atoms. The van der Waals surface area contributed by atoms with Gasteiger partial charge in [-0.3, -0.25) is 9.69 Å². The Morgan fingerprint density at radius 1 is 1.21 bits per heavy atom. The van der Waals surface area contributed by atoms with Gasteiger partial charge in [0, 0.05) is 12.6 Å². The number of carbonyl (C=O) groups excluding carboxylic acids is 1. The van der Waals surface area contributed by atoms with Gasteiger partial charge in [0.15, 0.2) is 0 Å². The highest BCUT2D eigenvalue weighted by Gasteiger charge is 2.12. The van der Waals surface area contributed by atoms with Gasteiger partial charge in [-0.15, -0.1) is 0 Å². The Morgan fingerprint density at radius 3 is 2.37 bits per heavy atom. The Labute approximate surface area is 112 Å². The molecule has 5 heteroatoms. The number of hydrogen-bond donors (Lipinski definition) is 0. The van der Waals surface area contributed by atoms with Crippen LogP contribution < -0.4 is 0 Å². The molecule has 0 unspecified atom stereocenters. The Kier molecular flexibility index (Phi) is 6.42. The topological polar surface area (TPSA) is 29.5 Å². The molecular formula is C14H19F2NO2. The second kappa shape index (κ2) is 7.84. The normalized spacial score (nSPS) is 10.8. The number of benzene rings is 1. The summed E-state index contributed by atoms with van der Waals surface area (Å²) in [4.78, 5) is 13.3. The Morgan fingerprint density at radius 2 is 1.84 bits per heavy atom. The lowest BCUT2D eigenvalue weighted by molar-refractivity contribution is -0.144. The lowest BCUT2D eigenvalue weighted by Crippen LogP contribution is -2.31. The number of rotatable bonds is 7. The van der Waals surface area contributed by atoms with Gasteiger partial charge in [-0.2, -0.15) is 0 Å². The van der Waals surface area contributed by atoms with Crippen molar-refractivity contribution in [2.75, 3.05) is 19.7 Å². The van der Waals surface area contributed by atoms with Crippen LogP contribution >= 0.6 is 0 Å². The standard InChI is InChI=1S/C14H19F2NO2/c1-3-5-17(10-14(18)19-4-2)9-11-6-12(15)8-13(16)7-11/h6-8H,3-5,9-10H2,1-2H3. The van der Waals surface area contributed by atoms with Gasteiger partial charge < -0.3 is 4.74 Å². The summed E-state index contributed by atoms with van der Waals surface area (Å²) >= 11 is 0. The van der Waals surface area contributed by atoms with E-state index in [1.165, 1.54) is 12.1 Å². The first kappa shape index (κ1) is 15.6. The third-order valence-corrected chi connectivity index (χ3v) is 2.53. The Hall–Kier alpha value is -1.49. The van der Waals surface area contributed by atoms with E-state index >= 15 is 0 Å². The molecule has 19 heavy (non-hydrogen) atoms. The van der Waals surface area contributed by atoms with E-state index < -0.39 is 11.6 Å². The molecule has 3 nitrogen and oxygen atoms in total. The maximum atomic E-state index is 13.1. The van der Waals surface area contributed by atoms with Crippen LogP contribution in [0.2, 0.25) is 0 Å². The van der Waals surface area contributed by atoms with Gasteiger partial charge in [-0.05, 0) is 37.6 Å². The fourth-order valence-electron chi connectivity index (χ4n) is 1.88. The molecule has 0 atom stereocenters. The van der Waals surface area contributed by atoms with E-state index in [4.69, 9.17) is 4.74 Å². The SMILES string of the molecule is CCCN(CC(=O)OCC)Cc1cc(F)cc(F)c1. The van der Waals surface area contributed by atoms with E-state index in [1.807, 2.05) is 11.8 Å². The molecule has 1 aromatic rings. The van der Waals surface area contributed by atoms with Crippen LogP contribution in [0.1, 0.15) is 25.8 Å². The van der Waals surface area contributed by atoms with Crippen molar-refractivity contribution in [3.05, 3.63) is 35.4 Å². The molecule has 1 rings (SSSR count). The van der Waals surface area contributed by atoms with Crippen molar-refractivity contribution in [1.29, 1.82) is 0 Å². The van der Waals surface area contributed by atoms with Crippen molar-refractivity contribution in [3.63, 3.8) is 0 Å². The minimum absolute atomic E-state index is 0.125. The number of ether oxygens (including phenoxy) is 1. The Bertz CT molecular complexity index is 404. The zero-order chi connectivity index (χ0) is 14.3. The second-order valence-corrected chi connectivity index (χ2v) is 4.29. The summed E-state index contributed by atoms with van der Waals surface area (Å²) in [5, 5.41) is 0. The smallest absolute Gasteiger partial charge is 0.320 e. The van der Waals surface area contributed by atoms with Crippen molar-refractivity contribution in [1.82, 2.24) is 4.90 Å². The summed E-state index contributed by atoms with van der Waals surface area (Å²) in [5.74, 6) is -1.54. The van der Waals surface area contributed by atoms with Crippen molar-refractivity contribution in [2.45, 2.75) is 26.8 Å². The van der Waals surface area contributed by atoms with Gasteiger partial charge in [0.1, 0.15) is 11.6 Å². The minimum atomic E-state index is -0.609. The number of carbonyl (C=O) groups is 1. The number of halogens is 2. The fraction of sp³-hybridized carbons (Fsp3) is 0.500. The van der Waals surface area contributed by atoms with Crippen LogP contribution in [-0.2, 0) is 16.1 Å². The molecule has 0 saturated carbocycles. The van der Waals surface area contributed by atoms with Crippen LogP contribution in [0.25, 0.3) is 0 Å². The summed E-state index contributed by atoms with van der Waals surface area (Å²) in [6.07, 6.45) is 0.844. The highest BCUT2D eigenvalue weighted by Crippen LogP contribution is 2.11. The third-order valence-electron chi connectivity index (χ3n) is 2.53. The molecule has 0 aliphatic heterocycles. The molecule has 0 fully saturated rings. The van der Waals surface area contributed by atoms with E-state index in [2.05, 4.69) is 0 Å². The maximum absolute atomic E-state index is 13.1. The van der Waals surface area contributed by atoms with Gasteiger partial charge in [0.2, 0.25) is 0 Å². The van der Waals surface area contributed by atoms with Gasteiger partial charge in [-0.25, -0.2) is 8.78 Å². The molecule has 0 bridgehead atoms. The molecule has 0 N–H and O–H groups in total. The zero-order valence-electron chi connectivity index (χ0n) is 11.3. The molecule has 106 valence electrons. The van der Waals surface area contributed by atoms with Gasteiger partial charge in [-0.1, -0.05) is 6.92 Å². The second-order valence-electron chi connectivity index (χ2n) is 4.29. The molecule has 0 aromatic heterocycles. The van der Waals surface area contributed by atoms with E-state index in [1.54, 1.807) is 6.92 Å². The van der Waals surface area contributed by atoms with Crippen molar-refractivity contribution in [3.8, 4) is 0 Å². The third kappa shape index (κ3) is 5.79. The summed E-state index contributed by atoms with van der Waals surface area (Å²) in [6, 6.07) is 3.38. The van der Waals surface area contributed by atoms with Crippen LogP contribution in [0.15, 0.2) is 18.2 Å². The number of nitrogens with zero attached hydrogens (tertiary/aromatic N) is 1. The number of esters is 1. The number of hydrogen-bond acceptors (Lipinski definition) is 3. The molecule has 0 aliphatic carbocycles. The average molecular weight is 271 g/mol.